The lowest BCUT2D eigenvalue weighted by atomic mass is 9.89. The number of methoxy groups -OCH3 is 3. The fourth-order valence-corrected chi connectivity index (χ4v) is 7.90. The van der Waals surface area contributed by atoms with E-state index < -0.39 is 48.3 Å². The minimum Gasteiger partial charge on any atom is -0.467 e. The van der Waals surface area contributed by atoms with Crippen molar-refractivity contribution in [3.05, 3.63) is 35.9 Å². The van der Waals surface area contributed by atoms with Gasteiger partial charge < -0.3 is 34.6 Å². The molecule has 1 aromatic carbocycles. The van der Waals surface area contributed by atoms with Gasteiger partial charge in [0.05, 0.1) is 49.8 Å². The van der Waals surface area contributed by atoms with Crippen molar-refractivity contribution >= 4 is 29.6 Å². The van der Waals surface area contributed by atoms with Crippen molar-refractivity contribution < 1.29 is 38.2 Å². The average molecular weight is 760 g/mol. The molecule has 13 heteroatoms. The normalized spacial score (nSPS) is 19.0. The minimum atomic E-state index is -0.890. The van der Waals surface area contributed by atoms with Gasteiger partial charge in [-0.05, 0) is 50.3 Å². The van der Waals surface area contributed by atoms with Gasteiger partial charge in [0.2, 0.25) is 23.6 Å². The van der Waals surface area contributed by atoms with Gasteiger partial charge in [0.15, 0.2) is 0 Å². The van der Waals surface area contributed by atoms with Crippen molar-refractivity contribution in [2.24, 2.45) is 23.7 Å². The zero-order chi connectivity index (χ0) is 40.9. The number of rotatable bonds is 21. The van der Waals surface area contributed by atoms with Crippen LogP contribution in [0, 0.1) is 23.7 Å². The number of likely N-dealkylation sites (N-methyl/N-ethyl adjacent to an activating group) is 2. The zero-order valence-electron chi connectivity index (χ0n) is 35.1. The van der Waals surface area contributed by atoms with E-state index >= 15 is 0 Å². The summed E-state index contributed by atoms with van der Waals surface area (Å²) < 4.78 is 16.9. The van der Waals surface area contributed by atoms with Crippen LogP contribution in [0.15, 0.2) is 30.3 Å². The Hall–Kier alpha value is -3.55. The smallest absolute Gasteiger partial charge is 0.328 e. The third-order valence-electron chi connectivity index (χ3n) is 11.0. The molecule has 0 aromatic heterocycles. The van der Waals surface area contributed by atoms with Gasteiger partial charge in [-0.25, -0.2) is 4.79 Å². The van der Waals surface area contributed by atoms with Crippen LogP contribution < -0.4 is 10.6 Å². The van der Waals surface area contributed by atoms with Crippen LogP contribution in [0.2, 0.25) is 0 Å². The molecule has 0 saturated carbocycles. The van der Waals surface area contributed by atoms with Crippen LogP contribution in [0.5, 0.6) is 0 Å². The number of likely N-dealkylation sites (tertiary alicyclic amines) is 1. The number of amides is 4. The molecular weight excluding hydrogens is 690 g/mol. The lowest BCUT2D eigenvalue weighted by Crippen LogP contribution is -2.59. The zero-order valence-corrected chi connectivity index (χ0v) is 35.1. The second kappa shape index (κ2) is 22.1. The number of esters is 1. The van der Waals surface area contributed by atoms with Gasteiger partial charge in [-0.2, -0.15) is 0 Å². The number of ether oxygens (including phenoxy) is 3. The van der Waals surface area contributed by atoms with Crippen LogP contribution in [-0.4, -0.2) is 136 Å². The highest BCUT2D eigenvalue weighted by Crippen LogP contribution is 2.30. The van der Waals surface area contributed by atoms with Gasteiger partial charge in [-0.15, -0.1) is 0 Å². The summed E-state index contributed by atoms with van der Waals surface area (Å²) in [4.78, 5) is 73.5. The molecule has 1 unspecified atom stereocenters. The number of nitrogens with one attached hydrogen (secondary N) is 2. The summed E-state index contributed by atoms with van der Waals surface area (Å²) in [5.41, 5.74) is 0.876. The largest absolute Gasteiger partial charge is 0.467 e. The van der Waals surface area contributed by atoms with E-state index in [9.17, 15) is 24.0 Å². The fraction of sp³-hybridized carbons (Fsp3) is 0.732. The molecule has 0 radical (unpaired) electrons. The molecule has 1 aliphatic rings. The molecule has 9 atom stereocenters. The summed E-state index contributed by atoms with van der Waals surface area (Å²) in [5, 5.41) is 5.89. The summed E-state index contributed by atoms with van der Waals surface area (Å²) in [7, 11) is 9.80. The first-order valence-corrected chi connectivity index (χ1v) is 19.5. The Kier molecular flexibility index (Phi) is 19.1. The second-order valence-corrected chi connectivity index (χ2v) is 15.7. The van der Waals surface area contributed by atoms with E-state index in [1.54, 1.807) is 30.9 Å². The Bertz CT molecular complexity index is 1350. The molecule has 306 valence electrons. The average Bonchev–Trinajstić information content (AvgIpc) is 3.62. The monoisotopic (exact) mass is 760 g/mol. The van der Waals surface area contributed by atoms with Crippen molar-refractivity contribution in [1.82, 2.24) is 25.3 Å². The predicted molar refractivity (Wildman–Crippen MR) is 209 cm³/mol. The Morgan fingerprint density at radius 2 is 1.50 bits per heavy atom. The quantitative estimate of drug-likeness (QED) is 0.180. The second-order valence-electron chi connectivity index (χ2n) is 15.7. The molecule has 1 aliphatic heterocycles. The van der Waals surface area contributed by atoms with Crippen LogP contribution in [0.25, 0.3) is 0 Å². The number of hydrogen-bond donors (Lipinski definition) is 2. The van der Waals surface area contributed by atoms with Crippen LogP contribution in [0.4, 0.5) is 0 Å². The van der Waals surface area contributed by atoms with Crippen LogP contribution >= 0.6 is 0 Å². The molecule has 1 saturated heterocycles. The van der Waals surface area contributed by atoms with Gasteiger partial charge in [0.1, 0.15) is 12.1 Å². The highest BCUT2D eigenvalue weighted by molar-refractivity contribution is 5.90. The molecule has 0 aliphatic carbocycles. The first-order chi connectivity index (χ1) is 25.4. The topological polar surface area (TPSA) is 147 Å². The molecule has 54 heavy (non-hydrogen) atoms. The third kappa shape index (κ3) is 12.2. The van der Waals surface area contributed by atoms with E-state index in [0.717, 1.165) is 18.4 Å². The van der Waals surface area contributed by atoms with E-state index in [1.165, 1.54) is 14.2 Å². The number of carbonyl (C=O) groups excluding carboxylic acids is 5. The third-order valence-corrected chi connectivity index (χ3v) is 11.0. The summed E-state index contributed by atoms with van der Waals surface area (Å²) in [6.07, 6.45) is 1.08. The van der Waals surface area contributed by atoms with Gasteiger partial charge in [-0.1, -0.05) is 85.2 Å². The van der Waals surface area contributed by atoms with E-state index in [1.807, 2.05) is 90.9 Å². The Labute approximate surface area is 324 Å². The predicted octanol–water partition coefficient (Wildman–Crippen LogP) is 3.53. The minimum absolute atomic E-state index is 0.00683. The molecule has 1 fully saturated rings. The Balaban J connectivity index is 2.29. The van der Waals surface area contributed by atoms with Gasteiger partial charge in [-0.3, -0.25) is 24.1 Å². The molecule has 4 amide bonds. The Morgan fingerprint density at radius 3 is 2.00 bits per heavy atom. The van der Waals surface area contributed by atoms with E-state index in [-0.39, 0.29) is 60.3 Å². The molecule has 0 spiro atoms. The van der Waals surface area contributed by atoms with E-state index in [4.69, 9.17) is 14.2 Å². The summed E-state index contributed by atoms with van der Waals surface area (Å²) >= 11 is 0. The van der Waals surface area contributed by atoms with Crippen LogP contribution in [0.3, 0.4) is 0 Å². The van der Waals surface area contributed by atoms with Crippen molar-refractivity contribution in [3.8, 4) is 0 Å². The van der Waals surface area contributed by atoms with Gasteiger partial charge in [0.25, 0.3) is 0 Å². The maximum absolute atomic E-state index is 14.2. The van der Waals surface area contributed by atoms with Crippen LogP contribution in [0.1, 0.15) is 79.7 Å². The molecule has 0 bridgehead atoms. The standard InChI is InChI=1S/C41H69N5O8/c1-14-27(6)36(45(10)40(50)34(25(2)3)43-39(49)35(26(4)5)44(8)9)32(52-11)24-33(47)46-22-18-21-31(46)37(53-12)28(7)38(48)42-30(41(51)54-13)23-29-19-16-15-17-20-29/h15-17,19-20,25-28,30-32,34-37H,14,18,21-24H2,1-13H3,(H,42,48)(H,43,49)/t27-,28+,30-,31?,32+,34-,35-,36-,37+/m0/s1. The van der Waals surface area contributed by atoms with Crippen molar-refractivity contribution in [2.75, 3.05) is 49.0 Å². The van der Waals surface area contributed by atoms with Gasteiger partial charge in [0, 0.05) is 34.2 Å². The molecule has 2 rings (SSSR count). The summed E-state index contributed by atoms with van der Waals surface area (Å²) in [6.45, 7) is 14.1. The van der Waals surface area contributed by atoms with E-state index in [2.05, 4.69) is 10.6 Å². The Morgan fingerprint density at radius 1 is 0.870 bits per heavy atom. The van der Waals surface area contributed by atoms with Crippen molar-refractivity contribution in [1.29, 1.82) is 0 Å². The van der Waals surface area contributed by atoms with Crippen LogP contribution in [-0.2, 0) is 44.6 Å². The number of hydrogen-bond acceptors (Lipinski definition) is 9. The lowest BCUT2D eigenvalue weighted by Gasteiger charge is -2.41. The first kappa shape index (κ1) is 46.6. The fourth-order valence-electron chi connectivity index (χ4n) is 7.90. The number of nitrogens with zero attached hydrogens (tertiary/aromatic N) is 3. The number of carbonyl (C=O) groups is 5. The maximum atomic E-state index is 14.2. The molecule has 1 aromatic rings. The summed E-state index contributed by atoms with van der Waals surface area (Å²) in [5.74, 6) is -2.41. The van der Waals surface area contributed by atoms with Gasteiger partial charge >= 0.3 is 5.97 Å². The SMILES string of the molecule is CC[C@H](C)[C@@H]([C@@H](CC(=O)N1CCCC1[C@H](OC)[C@@H](C)C(=O)N[C@@H](Cc1ccccc1)C(=O)OC)OC)N(C)C(=O)[C@@H](NC(=O)[C@H](C(C)C)N(C)C)C(C)C. The summed E-state index contributed by atoms with van der Waals surface area (Å²) in [6, 6.07) is 6.46. The highest BCUT2D eigenvalue weighted by Gasteiger charge is 2.43. The van der Waals surface area contributed by atoms with Crippen molar-refractivity contribution in [2.45, 2.75) is 123 Å². The van der Waals surface area contributed by atoms with E-state index in [0.29, 0.717) is 13.0 Å². The maximum Gasteiger partial charge on any atom is 0.328 e. The lowest BCUT2D eigenvalue weighted by molar-refractivity contribution is -0.149. The molecular formula is C41H69N5O8. The molecule has 2 N–H and O–H groups in total. The van der Waals surface area contributed by atoms with Crippen molar-refractivity contribution in [3.63, 3.8) is 0 Å². The molecule has 1 heterocycles. The molecule has 13 nitrogen and oxygen atoms in total. The first-order valence-electron chi connectivity index (χ1n) is 19.5. The highest BCUT2D eigenvalue weighted by atomic mass is 16.5. The number of benzene rings is 1.